The lowest BCUT2D eigenvalue weighted by atomic mass is 9.81. The fourth-order valence-corrected chi connectivity index (χ4v) is 3.74. The maximum Gasteiger partial charge on any atom is 0.0397 e. The molecule has 2 atom stereocenters. The summed E-state index contributed by atoms with van der Waals surface area (Å²) in [5, 5.41) is 0. The summed E-state index contributed by atoms with van der Waals surface area (Å²) in [6.45, 7) is 11.4. The Labute approximate surface area is 113 Å². The van der Waals surface area contributed by atoms with Crippen LogP contribution in [-0.2, 0) is 0 Å². The SMILES string of the molecule is CCC(C)CC(NN)C1(N(CC)CC)CCCC1. The molecule has 18 heavy (non-hydrogen) atoms. The first-order valence-electron chi connectivity index (χ1n) is 7.85. The van der Waals surface area contributed by atoms with Crippen LogP contribution in [0, 0.1) is 5.92 Å². The summed E-state index contributed by atoms with van der Waals surface area (Å²) in [5.41, 5.74) is 3.46. The van der Waals surface area contributed by atoms with Crippen molar-refractivity contribution in [1.29, 1.82) is 0 Å². The number of hydrogen-bond donors (Lipinski definition) is 2. The molecular weight excluding hydrogens is 222 g/mol. The summed E-state index contributed by atoms with van der Waals surface area (Å²) in [6, 6.07) is 0.440. The lowest BCUT2D eigenvalue weighted by molar-refractivity contribution is 0.0537. The van der Waals surface area contributed by atoms with Crippen molar-refractivity contribution in [2.75, 3.05) is 13.1 Å². The van der Waals surface area contributed by atoms with Gasteiger partial charge in [0.1, 0.15) is 0 Å². The molecule has 0 saturated heterocycles. The minimum Gasteiger partial charge on any atom is -0.297 e. The summed E-state index contributed by atoms with van der Waals surface area (Å²) in [7, 11) is 0. The Morgan fingerprint density at radius 1 is 1.17 bits per heavy atom. The third-order valence-corrected chi connectivity index (χ3v) is 5.05. The van der Waals surface area contributed by atoms with Crippen molar-refractivity contribution in [2.45, 2.75) is 77.8 Å². The minimum atomic E-state index is 0.307. The normalized spacial score (nSPS) is 22.3. The van der Waals surface area contributed by atoms with Gasteiger partial charge in [-0.2, -0.15) is 0 Å². The number of nitrogens with one attached hydrogen (secondary N) is 1. The monoisotopic (exact) mass is 255 g/mol. The van der Waals surface area contributed by atoms with E-state index in [1.165, 1.54) is 38.5 Å². The molecule has 108 valence electrons. The molecule has 3 nitrogen and oxygen atoms in total. The average Bonchev–Trinajstić information content (AvgIpc) is 2.87. The van der Waals surface area contributed by atoms with Crippen molar-refractivity contribution in [3.63, 3.8) is 0 Å². The van der Waals surface area contributed by atoms with Crippen molar-refractivity contribution in [2.24, 2.45) is 11.8 Å². The summed E-state index contributed by atoms with van der Waals surface area (Å²) < 4.78 is 0. The Hall–Kier alpha value is -0.120. The van der Waals surface area contributed by atoms with Gasteiger partial charge in [0.25, 0.3) is 0 Å². The maximum atomic E-state index is 5.91. The van der Waals surface area contributed by atoms with Gasteiger partial charge in [0.05, 0.1) is 0 Å². The van der Waals surface area contributed by atoms with E-state index in [4.69, 9.17) is 5.84 Å². The fourth-order valence-electron chi connectivity index (χ4n) is 3.74. The first-order valence-corrected chi connectivity index (χ1v) is 7.85. The number of hydrazine groups is 1. The molecule has 0 aromatic rings. The van der Waals surface area contributed by atoms with E-state index >= 15 is 0 Å². The number of nitrogens with two attached hydrogens (primary N) is 1. The first-order chi connectivity index (χ1) is 8.64. The Morgan fingerprint density at radius 3 is 2.11 bits per heavy atom. The Bertz CT molecular complexity index is 220. The van der Waals surface area contributed by atoms with Gasteiger partial charge < -0.3 is 0 Å². The van der Waals surface area contributed by atoms with Crippen molar-refractivity contribution in [1.82, 2.24) is 10.3 Å². The third kappa shape index (κ3) is 3.25. The topological polar surface area (TPSA) is 41.3 Å². The number of likely N-dealkylation sites (N-methyl/N-ethyl adjacent to an activating group) is 1. The second-order valence-corrected chi connectivity index (χ2v) is 5.95. The predicted molar refractivity (Wildman–Crippen MR) is 79.3 cm³/mol. The van der Waals surface area contributed by atoms with Gasteiger partial charge in [-0.1, -0.05) is 47.0 Å². The molecule has 0 aliphatic heterocycles. The zero-order valence-corrected chi connectivity index (χ0v) is 12.8. The van der Waals surface area contributed by atoms with Gasteiger partial charge in [-0.05, 0) is 38.3 Å². The van der Waals surface area contributed by atoms with Crippen LogP contribution >= 0.6 is 0 Å². The lowest BCUT2D eigenvalue weighted by Gasteiger charge is -2.46. The number of nitrogens with zero attached hydrogens (tertiary/aromatic N) is 1. The van der Waals surface area contributed by atoms with Crippen molar-refractivity contribution in [3.8, 4) is 0 Å². The third-order valence-electron chi connectivity index (χ3n) is 5.05. The van der Waals surface area contributed by atoms with Crippen molar-refractivity contribution >= 4 is 0 Å². The highest BCUT2D eigenvalue weighted by Gasteiger charge is 2.44. The Kier molecular flexibility index (Phi) is 6.61. The van der Waals surface area contributed by atoms with Gasteiger partial charge >= 0.3 is 0 Å². The standard InChI is InChI=1S/C15H33N3/c1-5-13(4)12-14(17-16)15(10-8-9-11-15)18(6-2)7-3/h13-14,17H,5-12,16H2,1-4H3. The zero-order chi connectivity index (χ0) is 13.6. The molecule has 3 N–H and O–H groups in total. The molecule has 1 rings (SSSR count). The maximum absolute atomic E-state index is 5.91. The van der Waals surface area contributed by atoms with Crippen LogP contribution in [0.25, 0.3) is 0 Å². The van der Waals surface area contributed by atoms with Gasteiger partial charge in [0.15, 0.2) is 0 Å². The lowest BCUT2D eigenvalue weighted by Crippen LogP contribution is -2.61. The van der Waals surface area contributed by atoms with E-state index in [9.17, 15) is 0 Å². The van der Waals surface area contributed by atoms with Crippen LogP contribution in [0.5, 0.6) is 0 Å². The second-order valence-electron chi connectivity index (χ2n) is 5.95. The summed E-state index contributed by atoms with van der Waals surface area (Å²) in [6.07, 6.45) is 7.76. The molecule has 1 aliphatic carbocycles. The van der Waals surface area contributed by atoms with Crippen LogP contribution in [0.15, 0.2) is 0 Å². The smallest absolute Gasteiger partial charge is 0.0397 e. The Balaban J connectivity index is 2.86. The van der Waals surface area contributed by atoms with Crippen molar-refractivity contribution in [3.05, 3.63) is 0 Å². The zero-order valence-electron chi connectivity index (χ0n) is 12.8. The molecule has 0 radical (unpaired) electrons. The minimum absolute atomic E-state index is 0.307. The molecule has 0 bridgehead atoms. The van der Waals surface area contributed by atoms with Gasteiger partial charge in [0.2, 0.25) is 0 Å². The Morgan fingerprint density at radius 2 is 1.72 bits per heavy atom. The van der Waals surface area contributed by atoms with Gasteiger partial charge in [-0.15, -0.1) is 0 Å². The molecule has 3 heteroatoms. The van der Waals surface area contributed by atoms with Crippen LogP contribution in [0.1, 0.15) is 66.2 Å². The molecular formula is C15H33N3. The van der Waals surface area contributed by atoms with Gasteiger partial charge in [0, 0.05) is 11.6 Å². The van der Waals surface area contributed by atoms with Crippen LogP contribution in [0.4, 0.5) is 0 Å². The summed E-state index contributed by atoms with van der Waals surface area (Å²) in [5.74, 6) is 6.66. The molecule has 2 unspecified atom stereocenters. The molecule has 0 spiro atoms. The average molecular weight is 255 g/mol. The molecule has 1 saturated carbocycles. The number of hydrogen-bond acceptors (Lipinski definition) is 3. The van der Waals surface area contributed by atoms with Crippen molar-refractivity contribution < 1.29 is 0 Å². The van der Waals surface area contributed by atoms with Crippen LogP contribution < -0.4 is 11.3 Å². The van der Waals surface area contributed by atoms with E-state index in [1.807, 2.05) is 0 Å². The fraction of sp³-hybridized carbons (Fsp3) is 1.00. The summed E-state index contributed by atoms with van der Waals surface area (Å²) in [4.78, 5) is 2.65. The van der Waals surface area contributed by atoms with E-state index < -0.39 is 0 Å². The highest BCUT2D eigenvalue weighted by atomic mass is 15.3. The molecule has 0 aromatic carbocycles. The molecule has 1 fully saturated rings. The van der Waals surface area contributed by atoms with E-state index in [0.717, 1.165) is 19.0 Å². The van der Waals surface area contributed by atoms with E-state index in [1.54, 1.807) is 0 Å². The highest BCUT2D eigenvalue weighted by Crippen LogP contribution is 2.39. The van der Waals surface area contributed by atoms with E-state index in [2.05, 4.69) is 38.0 Å². The van der Waals surface area contributed by atoms with Crippen LogP contribution in [0.2, 0.25) is 0 Å². The molecule has 1 aliphatic rings. The quantitative estimate of drug-likeness (QED) is 0.517. The van der Waals surface area contributed by atoms with Crippen LogP contribution in [0.3, 0.4) is 0 Å². The van der Waals surface area contributed by atoms with E-state index in [-0.39, 0.29) is 0 Å². The largest absolute Gasteiger partial charge is 0.297 e. The number of rotatable bonds is 8. The molecule has 0 aromatic heterocycles. The predicted octanol–water partition coefficient (Wildman–Crippen LogP) is 2.91. The second kappa shape index (κ2) is 7.46. The van der Waals surface area contributed by atoms with Gasteiger partial charge in [-0.25, -0.2) is 0 Å². The van der Waals surface area contributed by atoms with E-state index in [0.29, 0.717) is 11.6 Å². The van der Waals surface area contributed by atoms with Gasteiger partial charge in [-0.3, -0.25) is 16.2 Å². The summed E-state index contributed by atoms with van der Waals surface area (Å²) >= 11 is 0. The molecule has 0 amide bonds. The molecule has 0 heterocycles. The first kappa shape index (κ1) is 15.9. The highest BCUT2D eigenvalue weighted by molar-refractivity contribution is 5.03. The van der Waals surface area contributed by atoms with Crippen LogP contribution in [-0.4, -0.2) is 29.6 Å².